The first kappa shape index (κ1) is 12.8. The van der Waals surface area contributed by atoms with E-state index in [0.29, 0.717) is 0 Å². The first-order valence-corrected chi connectivity index (χ1v) is 5.27. The molecule has 0 fully saturated rings. The molecule has 15 heavy (non-hydrogen) atoms. The topological polar surface area (TPSA) is 17.1 Å². The molecule has 0 bridgehead atoms. The summed E-state index contributed by atoms with van der Waals surface area (Å²) in [4.78, 5) is 11.1. The third-order valence-electron chi connectivity index (χ3n) is 1.74. The van der Waals surface area contributed by atoms with Gasteiger partial charge in [0.15, 0.2) is 5.78 Å². The Kier molecular flexibility index (Phi) is 3.65. The number of benzene rings is 1. The Labute approximate surface area is 103 Å². The summed E-state index contributed by atoms with van der Waals surface area (Å²) in [6.45, 7) is 1.06. The third-order valence-corrected chi connectivity index (χ3v) is 2.95. The predicted octanol–water partition coefficient (Wildman–Crippen LogP) is 4.17. The van der Waals surface area contributed by atoms with Crippen LogP contribution < -0.4 is 0 Å². The summed E-state index contributed by atoms with van der Waals surface area (Å²) in [6.07, 6.45) is -4.57. The molecule has 1 rings (SSSR count). The van der Waals surface area contributed by atoms with Crippen molar-refractivity contribution in [3.8, 4) is 0 Å². The first-order chi connectivity index (χ1) is 6.75. The summed E-state index contributed by atoms with van der Waals surface area (Å²) in [6, 6.07) is 2.52. The summed E-state index contributed by atoms with van der Waals surface area (Å²) in [7, 11) is 0. The number of alkyl halides is 3. The van der Waals surface area contributed by atoms with Crippen LogP contribution >= 0.6 is 34.2 Å². The van der Waals surface area contributed by atoms with Gasteiger partial charge in [-0.25, -0.2) is 0 Å². The summed E-state index contributed by atoms with van der Waals surface area (Å²) in [5.41, 5.74) is -1.42. The molecular weight excluding hydrogens is 343 g/mol. The molecular formula is C9H5ClF3IO. The van der Waals surface area contributed by atoms with Gasteiger partial charge in [-0.15, -0.1) is 0 Å². The Morgan fingerprint density at radius 2 is 1.93 bits per heavy atom. The molecule has 0 saturated heterocycles. The smallest absolute Gasteiger partial charge is 0.294 e. The van der Waals surface area contributed by atoms with E-state index in [1.807, 2.05) is 0 Å². The number of halogens is 5. The van der Waals surface area contributed by atoms with Crippen LogP contribution in [0.25, 0.3) is 0 Å². The standard InChI is InChI=1S/C9H5ClF3IO/c1-4(15)7-5(10)2-3-6(14)8(7)9(11,12)13/h2-3H,1H3. The normalized spacial score (nSPS) is 11.6. The highest BCUT2D eigenvalue weighted by molar-refractivity contribution is 14.1. The molecule has 0 atom stereocenters. The van der Waals surface area contributed by atoms with E-state index in [2.05, 4.69) is 0 Å². The van der Waals surface area contributed by atoms with Crippen molar-refractivity contribution in [2.45, 2.75) is 13.1 Å². The molecule has 0 radical (unpaired) electrons. The van der Waals surface area contributed by atoms with Crippen molar-refractivity contribution in [2.24, 2.45) is 0 Å². The number of carbonyl (C=O) groups is 1. The van der Waals surface area contributed by atoms with Crippen LogP contribution in [0.1, 0.15) is 22.8 Å². The second-order valence-corrected chi connectivity index (χ2v) is 4.40. The molecule has 0 amide bonds. The van der Waals surface area contributed by atoms with E-state index in [4.69, 9.17) is 11.6 Å². The van der Waals surface area contributed by atoms with Gasteiger partial charge in [-0.05, 0) is 41.6 Å². The molecule has 0 heterocycles. The van der Waals surface area contributed by atoms with Gasteiger partial charge >= 0.3 is 6.18 Å². The van der Waals surface area contributed by atoms with Crippen LogP contribution in [0.15, 0.2) is 12.1 Å². The first-order valence-electron chi connectivity index (χ1n) is 3.81. The molecule has 0 aliphatic rings. The maximum Gasteiger partial charge on any atom is 0.418 e. The zero-order valence-electron chi connectivity index (χ0n) is 7.45. The number of Topliss-reactive ketones (excluding diaryl/α,β-unsaturated/α-hetero) is 1. The number of ketones is 1. The molecule has 0 N–H and O–H groups in total. The third kappa shape index (κ3) is 2.63. The summed E-state index contributed by atoms with van der Waals surface area (Å²) < 4.78 is 37.9. The van der Waals surface area contributed by atoms with Crippen molar-refractivity contribution in [1.29, 1.82) is 0 Å². The lowest BCUT2D eigenvalue weighted by Crippen LogP contribution is -2.14. The Balaban J connectivity index is 3.60. The van der Waals surface area contributed by atoms with E-state index in [-0.39, 0.29) is 8.59 Å². The van der Waals surface area contributed by atoms with Crippen LogP contribution in [0.2, 0.25) is 5.02 Å². The van der Waals surface area contributed by atoms with Gasteiger partial charge in [0.25, 0.3) is 0 Å². The van der Waals surface area contributed by atoms with E-state index in [0.717, 1.165) is 6.92 Å². The number of hydrogen-bond acceptors (Lipinski definition) is 1. The summed E-state index contributed by atoms with van der Waals surface area (Å²) in [5, 5.41) is -0.171. The molecule has 6 heteroatoms. The largest absolute Gasteiger partial charge is 0.418 e. The molecule has 0 aliphatic heterocycles. The number of carbonyl (C=O) groups excluding carboxylic acids is 1. The van der Waals surface area contributed by atoms with Gasteiger partial charge < -0.3 is 0 Å². The number of rotatable bonds is 1. The van der Waals surface area contributed by atoms with Gasteiger partial charge in [-0.3, -0.25) is 4.79 Å². The highest BCUT2D eigenvalue weighted by Gasteiger charge is 2.37. The van der Waals surface area contributed by atoms with Gasteiger partial charge in [0, 0.05) is 9.13 Å². The van der Waals surface area contributed by atoms with Crippen LogP contribution in [-0.2, 0) is 6.18 Å². The molecule has 0 aliphatic carbocycles. The van der Waals surface area contributed by atoms with E-state index in [1.54, 1.807) is 0 Å². The Morgan fingerprint density at radius 1 is 1.40 bits per heavy atom. The molecule has 0 spiro atoms. The van der Waals surface area contributed by atoms with Gasteiger partial charge in [0.2, 0.25) is 0 Å². The van der Waals surface area contributed by atoms with Crippen LogP contribution in [0.4, 0.5) is 13.2 Å². The van der Waals surface area contributed by atoms with Gasteiger partial charge in [-0.1, -0.05) is 11.6 Å². The Morgan fingerprint density at radius 3 is 2.27 bits per heavy atom. The van der Waals surface area contributed by atoms with Crippen molar-refractivity contribution in [3.05, 3.63) is 31.9 Å². The van der Waals surface area contributed by atoms with Crippen LogP contribution in [-0.4, -0.2) is 5.78 Å². The van der Waals surface area contributed by atoms with Gasteiger partial charge in [-0.2, -0.15) is 13.2 Å². The van der Waals surface area contributed by atoms with Gasteiger partial charge in [0.1, 0.15) is 0 Å². The molecule has 1 aromatic rings. The van der Waals surface area contributed by atoms with Crippen molar-refractivity contribution in [3.63, 3.8) is 0 Å². The highest BCUT2D eigenvalue weighted by Crippen LogP contribution is 2.38. The van der Waals surface area contributed by atoms with Gasteiger partial charge in [0.05, 0.1) is 10.6 Å². The highest BCUT2D eigenvalue weighted by atomic mass is 127. The lowest BCUT2D eigenvalue weighted by atomic mass is 10.0. The average Bonchev–Trinajstić information content (AvgIpc) is 2.05. The number of hydrogen-bond donors (Lipinski definition) is 0. The molecule has 0 unspecified atom stereocenters. The van der Waals surface area contributed by atoms with Crippen LogP contribution in [0, 0.1) is 3.57 Å². The second kappa shape index (κ2) is 4.29. The minimum Gasteiger partial charge on any atom is -0.294 e. The Bertz CT molecular complexity index is 415. The van der Waals surface area contributed by atoms with Crippen molar-refractivity contribution in [2.75, 3.05) is 0 Å². The average molecular weight is 348 g/mol. The van der Waals surface area contributed by atoms with E-state index in [1.165, 1.54) is 34.7 Å². The molecule has 1 nitrogen and oxygen atoms in total. The maximum atomic E-state index is 12.6. The lowest BCUT2D eigenvalue weighted by molar-refractivity contribution is -0.138. The minimum absolute atomic E-state index is 0.0327. The predicted molar refractivity (Wildman–Crippen MR) is 59.2 cm³/mol. The van der Waals surface area contributed by atoms with Crippen molar-refractivity contribution in [1.82, 2.24) is 0 Å². The van der Waals surface area contributed by atoms with E-state index < -0.39 is 23.1 Å². The maximum absolute atomic E-state index is 12.6. The van der Waals surface area contributed by atoms with Crippen molar-refractivity contribution >= 4 is 40.0 Å². The molecule has 1 aromatic carbocycles. The fourth-order valence-electron chi connectivity index (χ4n) is 1.17. The fraction of sp³-hybridized carbons (Fsp3) is 0.222. The van der Waals surface area contributed by atoms with Crippen molar-refractivity contribution < 1.29 is 18.0 Å². The quantitative estimate of drug-likeness (QED) is 0.550. The Hall–Kier alpha value is -0.300. The minimum atomic E-state index is -4.57. The lowest BCUT2D eigenvalue weighted by Gasteiger charge is -2.14. The zero-order valence-corrected chi connectivity index (χ0v) is 10.4. The second-order valence-electron chi connectivity index (χ2n) is 2.83. The molecule has 82 valence electrons. The monoisotopic (exact) mass is 348 g/mol. The van der Waals surface area contributed by atoms with Crippen LogP contribution in [0.3, 0.4) is 0 Å². The van der Waals surface area contributed by atoms with Crippen LogP contribution in [0.5, 0.6) is 0 Å². The molecule has 0 saturated carbocycles. The summed E-state index contributed by atoms with van der Waals surface area (Å²) >= 11 is 7.11. The fourth-order valence-corrected chi connectivity index (χ4v) is 2.22. The van der Waals surface area contributed by atoms with E-state index in [9.17, 15) is 18.0 Å². The summed E-state index contributed by atoms with van der Waals surface area (Å²) in [5.74, 6) is -0.689. The van der Waals surface area contributed by atoms with E-state index >= 15 is 0 Å². The molecule has 0 aromatic heterocycles. The SMILES string of the molecule is CC(=O)c1c(Cl)ccc(I)c1C(F)(F)F. The zero-order chi connectivity index (χ0) is 11.8.